The number of aliphatic imine (C=N–C) groups is 2. The molecule has 5 heterocycles. The Kier molecular flexibility index (Phi) is 18.9. The van der Waals surface area contributed by atoms with Crippen molar-refractivity contribution in [3.8, 4) is 23.0 Å². The molecule has 0 bridgehead atoms. The highest BCUT2D eigenvalue weighted by Crippen LogP contribution is 2.40. The number of fused-ring (bicyclic) bond motifs is 4. The molecule has 7 rings (SSSR count). The molecule has 2 unspecified atom stereocenters. The Morgan fingerprint density at radius 2 is 1.33 bits per heavy atom. The number of carbonyl (C=O) groups excluding carboxylic acids is 3. The van der Waals surface area contributed by atoms with Gasteiger partial charge in [-0.1, -0.05) is 23.3 Å². The van der Waals surface area contributed by atoms with E-state index in [1.165, 1.54) is 11.1 Å². The normalized spacial score (nSPS) is 20.3. The number of allylic oxidation sites excluding steroid dienone is 3. The van der Waals surface area contributed by atoms with Crippen LogP contribution in [0.25, 0.3) is 0 Å². The molecule has 5 aliphatic heterocycles. The van der Waals surface area contributed by atoms with E-state index < -0.39 is 6.04 Å². The summed E-state index contributed by atoms with van der Waals surface area (Å²) in [6.45, 7) is 12.1. The van der Waals surface area contributed by atoms with Crippen LogP contribution in [0.15, 0.2) is 81.2 Å². The molecule has 2 fully saturated rings. The van der Waals surface area contributed by atoms with E-state index >= 15 is 0 Å². The third-order valence-electron chi connectivity index (χ3n) is 12.7. The van der Waals surface area contributed by atoms with E-state index in [2.05, 4.69) is 22.4 Å². The molecule has 2 aromatic rings. The molecular weight excluding hydrogens is 901 g/mol. The van der Waals surface area contributed by atoms with E-state index in [1.54, 1.807) is 52.5 Å². The van der Waals surface area contributed by atoms with Crippen LogP contribution in [0.3, 0.4) is 0 Å². The Morgan fingerprint density at radius 3 is 1.91 bits per heavy atom. The fourth-order valence-electron chi connectivity index (χ4n) is 8.83. The Morgan fingerprint density at radius 1 is 0.743 bits per heavy atom. The van der Waals surface area contributed by atoms with Gasteiger partial charge in [-0.3, -0.25) is 29.3 Å². The Hall–Kier alpha value is -6.21. The molecule has 0 spiro atoms. The predicted octanol–water partition coefficient (Wildman–Crippen LogP) is 6.00. The number of ether oxygens (including phenoxy) is 9. The zero-order chi connectivity index (χ0) is 49.4. The minimum Gasteiger partial charge on any atom is -0.493 e. The minimum absolute atomic E-state index is 0.0848. The molecule has 2 saturated heterocycles. The van der Waals surface area contributed by atoms with E-state index in [9.17, 15) is 14.4 Å². The van der Waals surface area contributed by atoms with Gasteiger partial charge in [0, 0.05) is 70.3 Å². The van der Waals surface area contributed by atoms with Crippen molar-refractivity contribution in [3.63, 3.8) is 0 Å². The van der Waals surface area contributed by atoms with E-state index in [0.29, 0.717) is 149 Å². The summed E-state index contributed by atoms with van der Waals surface area (Å²) in [5, 5.41) is 3.53. The number of hydrogen-bond donors (Lipinski definition) is 1. The maximum absolute atomic E-state index is 13.8. The number of nitrogens with zero attached hydrogens (tertiary/aromatic N) is 5. The van der Waals surface area contributed by atoms with Crippen molar-refractivity contribution >= 4 is 41.6 Å². The molecule has 70 heavy (non-hydrogen) atoms. The number of rotatable bonds is 26. The lowest BCUT2D eigenvalue weighted by Gasteiger charge is -2.27. The first-order valence-electron chi connectivity index (χ1n) is 24.2. The fraction of sp³-hybridized carbons (Fsp3) is 0.519. The molecule has 2 amide bonds. The predicted molar refractivity (Wildman–Crippen MR) is 265 cm³/mol. The van der Waals surface area contributed by atoms with Gasteiger partial charge in [0.25, 0.3) is 11.8 Å². The van der Waals surface area contributed by atoms with E-state index in [0.717, 1.165) is 12.8 Å². The van der Waals surface area contributed by atoms with Gasteiger partial charge in [0.15, 0.2) is 23.0 Å². The summed E-state index contributed by atoms with van der Waals surface area (Å²) in [7, 11) is 4.72. The summed E-state index contributed by atoms with van der Waals surface area (Å²) in [6.07, 6.45) is 14.1. The van der Waals surface area contributed by atoms with Crippen LogP contribution in [0.4, 0.5) is 11.4 Å². The standard InChI is InChI=1S/C52H68N6O12/c1-7-35-21-39-29-53-44-27-48(46(63-5)25-42(44)51(60)57(39)31-35)69-33-37-23-41(68-16-14-56(12-10-11-50(59)67-9-3)13-15-65-19-20-66-18-17-62-4)24-38(55-37)34-70-49-28-45-43(26-47(49)64-6)52(61)58-32-36(8-2)22-40(58)30-54-45/h7-8,23-30,37,39-40,55H,9-22,31-34H2,1-6H3/b35-7+,36-8+/t37?,39?,40-/m0/s1. The van der Waals surface area contributed by atoms with Gasteiger partial charge in [0.05, 0.1) is 100 Å². The summed E-state index contributed by atoms with van der Waals surface area (Å²) in [6, 6.07) is 6.26. The van der Waals surface area contributed by atoms with Gasteiger partial charge in [0.2, 0.25) is 0 Å². The maximum Gasteiger partial charge on any atom is 0.305 e. The topological polar surface area (TPSA) is 181 Å². The van der Waals surface area contributed by atoms with Crippen LogP contribution in [0.5, 0.6) is 23.0 Å². The molecule has 2 aromatic carbocycles. The Bertz CT molecular complexity index is 2360. The van der Waals surface area contributed by atoms with Crippen LogP contribution < -0.4 is 24.3 Å². The second kappa shape index (κ2) is 25.6. The number of hydrogen-bond acceptors (Lipinski definition) is 16. The van der Waals surface area contributed by atoms with Crippen molar-refractivity contribution in [3.05, 3.63) is 82.3 Å². The first-order valence-corrected chi connectivity index (χ1v) is 24.2. The van der Waals surface area contributed by atoms with Gasteiger partial charge in [-0.05, 0) is 64.8 Å². The minimum atomic E-state index is -0.399. The molecule has 0 aliphatic carbocycles. The van der Waals surface area contributed by atoms with E-state index in [1.807, 2.05) is 48.2 Å². The second-order valence-electron chi connectivity index (χ2n) is 17.3. The summed E-state index contributed by atoms with van der Waals surface area (Å²) >= 11 is 0. The number of dihydropyridines is 1. The largest absolute Gasteiger partial charge is 0.493 e. The van der Waals surface area contributed by atoms with Crippen molar-refractivity contribution < 1.29 is 57.0 Å². The first kappa shape index (κ1) is 51.6. The monoisotopic (exact) mass is 968 g/mol. The third-order valence-corrected chi connectivity index (χ3v) is 12.7. The number of methoxy groups -OCH3 is 3. The highest BCUT2D eigenvalue weighted by molar-refractivity contribution is 6.04. The maximum atomic E-state index is 13.8. The molecule has 378 valence electrons. The SMILES string of the molecule is C/C=C1\CC2C=Nc3cc(OCC4C=C(OCCN(CCCC(=O)OCC)CCOCCOCCOC)C=C(COc5cc6c(cc5OC)C(=O)N5C/C(=C/C)C[C@H]5C=N6)N4)c(OC)cc3C(=O)N2C1. The highest BCUT2D eigenvalue weighted by Gasteiger charge is 2.36. The van der Waals surface area contributed by atoms with Crippen LogP contribution in [0, 0.1) is 0 Å². The van der Waals surface area contributed by atoms with Crippen LogP contribution in [-0.4, -0.2) is 177 Å². The van der Waals surface area contributed by atoms with Gasteiger partial charge >= 0.3 is 5.97 Å². The zero-order valence-electron chi connectivity index (χ0n) is 41.4. The summed E-state index contributed by atoms with van der Waals surface area (Å²) < 4.78 is 52.5. The first-order chi connectivity index (χ1) is 34.1. The number of benzene rings is 2. The highest BCUT2D eigenvalue weighted by atomic mass is 16.5. The lowest BCUT2D eigenvalue weighted by atomic mass is 10.1. The Labute approximate surface area is 410 Å². The van der Waals surface area contributed by atoms with Crippen molar-refractivity contribution in [1.82, 2.24) is 20.0 Å². The zero-order valence-corrected chi connectivity index (χ0v) is 41.4. The van der Waals surface area contributed by atoms with Gasteiger partial charge in [-0.15, -0.1) is 0 Å². The molecule has 5 aliphatic rings. The average Bonchev–Trinajstić information content (AvgIpc) is 3.94. The molecule has 0 saturated carbocycles. The molecule has 1 N–H and O–H groups in total. The lowest BCUT2D eigenvalue weighted by Crippen LogP contribution is -2.37. The third kappa shape index (κ3) is 13.3. The fourth-order valence-corrected chi connectivity index (χ4v) is 8.83. The summed E-state index contributed by atoms with van der Waals surface area (Å²) in [5.41, 5.74) is 5.02. The van der Waals surface area contributed by atoms with Crippen molar-refractivity contribution in [2.75, 3.05) is 114 Å². The summed E-state index contributed by atoms with van der Waals surface area (Å²) in [5.74, 6) is 1.83. The number of carbonyl (C=O) groups is 3. The Balaban J connectivity index is 1.06. The molecular formula is C52H68N6O12. The van der Waals surface area contributed by atoms with Crippen molar-refractivity contribution in [2.45, 2.75) is 64.6 Å². The number of nitrogens with one attached hydrogen (secondary N) is 1. The molecule has 3 atom stereocenters. The number of amides is 2. The van der Waals surface area contributed by atoms with Crippen molar-refractivity contribution in [2.24, 2.45) is 9.98 Å². The van der Waals surface area contributed by atoms with Crippen LogP contribution in [-0.2, 0) is 28.5 Å². The average molecular weight is 969 g/mol. The van der Waals surface area contributed by atoms with Crippen molar-refractivity contribution in [1.29, 1.82) is 0 Å². The van der Waals surface area contributed by atoms with Crippen LogP contribution >= 0.6 is 0 Å². The van der Waals surface area contributed by atoms with Gasteiger partial charge < -0.3 is 57.7 Å². The smallest absolute Gasteiger partial charge is 0.305 e. The van der Waals surface area contributed by atoms with E-state index in [-0.39, 0.29) is 43.1 Å². The van der Waals surface area contributed by atoms with Gasteiger partial charge in [0.1, 0.15) is 25.6 Å². The number of esters is 1. The molecule has 0 radical (unpaired) electrons. The quantitative estimate of drug-likeness (QED) is 0.0659. The van der Waals surface area contributed by atoms with Crippen LogP contribution in [0.1, 0.15) is 67.2 Å². The molecule has 18 heteroatoms. The van der Waals surface area contributed by atoms with E-state index in [4.69, 9.17) is 52.6 Å². The summed E-state index contributed by atoms with van der Waals surface area (Å²) in [4.78, 5) is 55.0. The van der Waals surface area contributed by atoms with Gasteiger partial charge in [-0.25, -0.2) is 0 Å². The second-order valence-corrected chi connectivity index (χ2v) is 17.3. The molecule has 18 nitrogen and oxygen atoms in total. The molecule has 0 aromatic heterocycles. The van der Waals surface area contributed by atoms with Crippen LogP contribution in [0.2, 0.25) is 0 Å². The lowest BCUT2D eigenvalue weighted by molar-refractivity contribution is -0.143. The van der Waals surface area contributed by atoms with Gasteiger partial charge in [-0.2, -0.15) is 0 Å².